The maximum atomic E-state index is 6.54. The lowest BCUT2D eigenvalue weighted by atomic mass is 10.1. The quantitative estimate of drug-likeness (QED) is 0.481. The Morgan fingerprint density at radius 2 is 1.65 bits per heavy atom. The van der Waals surface area contributed by atoms with Gasteiger partial charge in [-0.3, -0.25) is 0 Å². The first-order valence-electron chi connectivity index (χ1n) is 7.16. The summed E-state index contributed by atoms with van der Waals surface area (Å²) in [5.41, 5.74) is 0. The Kier molecular flexibility index (Phi) is 5.45. The van der Waals surface area contributed by atoms with Gasteiger partial charge in [0.15, 0.2) is 8.32 Å². The zero-order valence-electron chi connectivity index (χ0n) is 12.4. The molecule has 17 heavy (non-hydrogen) atoms. The highest BCUT2D eigenvalue weighted by Crippen LogP contribution is 2.38. The molecule has 0 aliphatic heterocycles. The van der Waals surface area contributed by atoms with Gasteiger partial charge >= 0.3 is 0 Å². The number of hydrogen-bond acceptors (Lipinski definition) is 1. The molecule has 1 nitrogen and oxygen atoms in total. The molecule has 0 saturated carbocycles. The van der Waals surface area contributed by atoms with Crippen LogP contribution in [0.15, 0.2) is 12.2 Å². The van der Waals surface area contributed by atoms with Crippen LogP contribution in [0.25, 0.3) is 0 Å². The highest BCUT2D eigenvalue weighted by Gasteiger charge is 2.38. The first-order valence-corrected chi connectivity index (χ1v) is 10.1. The van der Waals surface area contributed by atoms with Crippen LogP contribution >= 0.6 is 0 Å². The predicted molar refractivity (Wildman–Crippen MR) is 78.9 cm³/mol. The molecule has 0 N–H and O–H groups in total. The number of hydrogen-bond donors (Lipinski definition) is 0. The summed E-state index contributed by atoms with van der Waals surface area (Å²) in [5, 5.41) is 0.335. The minimum Gasteiger partial charge on any atom is -0.414 e. The molecule has 0 saturated heterocycles. The van der Waals surface area contributed by atoms with Gasteiger partial charge in [-0.05, 0) is 50.2 Å². The molecule has 0 radical (unpaired) electrons. The van der Waals surface area contributed by atoms with Gasteiger partial charge in [0, 0.05) is 6.10 Å². The molecule has 0 aromatic heterocycles. The van der Waals surface area contributed by atoms with E-state index in [0.29, 0.717) is 11.1 Å². The largest absolute Gasteiger partial charge is 0.414 e. The molecule has 1 aliphatic rings. The second kappa shape index (κ2) is 6.19. The fraction of sp³-hybridized carbons (Fsp3) is 0.867. The summed E-state index contributed by atoms with van der Waals surface area (Å²) in [6.45, 7) is 11.7. The Bertz CT molecular complexity index is 250. The van der Waals surface area contributed by atoms with Gasteiger partial charge in [0.2, 0.25) is 0 Å². The average molecular weight is 254 g/mol. The van der Waals surface area contributed by atoms with Crippen molar-refractivity contribution in [3.05, 3.63) is 12.2 Å². The summed E-state index contributed by atoms with van der Waals surface area (Å²) in [6, 6.07) is 0. The van der Waals surface area contributed by atoms with Crippen LogP contribution in [0.5, 0.6) is 0 Å². The molecule has 0 aromatic rings. The molecule has 100 valence electrons. The number of allylic oxidation sites excluding steroid dienone is 2. The van der Waals surface area contributed by atoms with Crippen molar-refractivity contribution in [2.75, 3.05) is 0 Å². The van der Waals surface area contributed by atoms with Crippen LogP contribution < -0.4 is 0 Å². The molecule has 0 heterocycles. The normalized spacial score (nSPS) is 25.8. The predicted octanol–water partition coefficient (Wildman–Crippen LogP) is 5.29. The zero-order chi connectivity index (χ0) is 12.9. The molecule has 1 unspecified atom stereocenters. The Morgan fingerprint density at radius 1 is 1.00 bits per heavy atom. The summed E-state index contributed by atoms with van der Waals surface area (Å²) >= 11 is 0. The standard InChI is InChI=1S/C15H30OSi/c1-15(2,3)17(4,5)16-14-12-10-8-6-7-9-11-13-14/h6,8,14H,7,9-13H2,1-5H3/b8-6-. The van der Waals surface area contributed by atoms with Crippen molar-refractivity contribution in [3.8, 4) is 0 Å². The summed E-state index contributed by atoms with van der Waals surface area (Å²) < 4.78 is 6.54. The second-order valence-electron chi connectivity index (χ2n) is 6.83. The third kappa shape index (κ3) is 4.97. The van der Waals surface area contributed by atoms with E-state index >= 15 is 0 Å². The molecule has 0 aromatic carbocycles. The van der Waals surface area contributed by atoms with Crippen LogP contribution in [0.2, 0.25) is 18.1 Å². The van der Waals surface area contributed by atoms with Crippen LogP contribution in [-0.4, -0.2) is 14.4 Å². The van der Waals surface area contributed by atoms with E-state index in [1.165, 1.54) is 38.5 Å². The van der Waals surface area contributed by atoms with Crippen LogP contribution in [0.4, 0.5) is 0 Å². The molecule has 0 fully saturated rings. The third-order valence-electron chi connectivity index (χ3n) is 4.24. The fourth-order valence-corrected chi connectivity index (χ4v) is 3.43. The lowest BCUT2D eigenvalue weighted by molar-refractivity contribution is 0.160. The van der Waals surface area contributed by atoms with E-state index in [1.807, 2.05) is 0 Å². The molecule has 1 rings (SSSR count). The third-order valence-corrected chi connectivity index (χ3v) is 8.77. The van der Waals surface area contributed by atoms with Crippen molar-refractivity contribution in [3.63, 3.8) is 0 Å². The molecule has 1 aliphatic carbocycles. The molecule has 1 atom stereocenters. The van der Waals surface area contributed by atoms with Gasteiger partial charge < -0.3 is 4.43 Å². The monoisotopic (exact) mass is 254 g/mol. The molecular formula is C15H30OSi. The average Bonchev–Trinajstić information content (AvgIpc) is 2.29. The van der Waals surface area contributed by atoms with E-state index in [4.69, 9.17) is 4.43 Å². The SMILES string of the molecule is CC(C)(C)[Si](C)(C)OC1CC/C=C\CCCC1. The van der Waals surface area contributed by atoms with E-state index in [0.717, 1.165) is 0 Å². The first-order chi connectivity index (χ1) is 7.83. The van der Waals surface area contributed by atoms with Gasteiger partial charge in [-0.25, -0.2) is 0 Å². The Labute approximate surface area is 109 Å². The molecule has 0 spiro atoms. The lowest BCUT2D eigenvalue weighted by Gasteiger charge is -2.39. The lowest BCUT2D eigenvalue weighted by Crippen LogP contribution is -2.43. The minimum atomic E-state index is -1.57. The van der Waals surface area contributed by atoms with E-state index in [1.54, 1.807) is 0 Å². The second-order valence-corrected chi connectivity index (χ2v) is 11.6. The molecule has 2 heteroatoms. The summed E-state index contributed by atoms with van der Waals surface area (Å²) in [4.78, 5) is 0. The fourth-order valence-electron chi connectivity index (χ4n) is 2.01. The van der Waals surface area contributed by atoms with Crippen molar-refractivity contribution in [2.24, 2.45) is 0 Å². The van der Waals surface area contributed by atoms with Gasteiger partial charge in [0.25, 0.3) is 0 Å². The van der Waals surface area contributed by atoms with Crippen LogP contribution in [0.1, 0.15) is 59.3 Å². The molecule has 0 bridgehead atoms. The zero-order valence-corrected chi connectivity index (χ0v) is 13.4. The maximum absolute atomic E-state index is 6.54. The Morgan fingerprint density at radius 3 is 2.29 bits per heavy atom. The van der Waals surface area contributed by atoms with Gasteiger partial charge in [-0.1, -0.05) is 39.3 Å². The van der Waals surface area contributed by atoms with Crippen molar-refractivity contribution >= 4 is 8.32 Å². The van der Waals surface area contributed by atoms with Gasteiger partial charge in [-0.15, -0.1) is 0 Å². The van der Waals surface area contributed by atoms with Gasteiger partial charge in [0.1, 0.15) is 0 Å². The molecular weight excluding hydrogens is 224 g/mol. The van der Waals surface area contributed by atoms with E-state index in [-0.39, 0.29) is 0 Å². The Hall–Kier alpha value is -0.0831. The van der Waals surface area contributed by atoms with Crippen LogP contribution in [-0.2, 0) is 4.43 Å². The van der Waals surface area contributed by atoms with Gasteiger partial charge in [-0.2, -0.15) is 0 Å². The summed E-state index contributed by atoms with van der Waals surface area (Å²) in [6.07, 6.45) is 12.8. The highest BCUT2D eigenvalue weighted by molar-refractivity contribution is 6.74. The Balaban J connectivity index is 2.56. The van der Waals surface area contributed by atoms with Crippen molar-refractivity contribution in [1.29, 1.82) is 0 Å². The number of rotatable bonds is 2. The van der Waals surface area contributed by atoms with Crippen molar-refractivity contribution < 1.29 is 4.43 Å². The topological polar surface area (TPSA) is 9.23 Å². The first kappa shape index (κ1) is 15.0. The highest BCUT2D eigenvalue weighted by atomic mass is 28.4. The van der Waals surface area contributed by atoms with E-state index < -0.39 is 8.32 Å². The maximum Gasteiger partial charge on any atom is 0.192 e. The van der Waals surface area contributed by atoms with Crippen LogP contribution in [0, 0.1) is 0 Å². The summed E-state index contributed by atoms with van der Waals surface area (Å²) in [7, 11) is -1.57. The van der Waals surface area contributed by atoms with Crippen molar-refractivity contribution in [2.45, 2.75) is 83.5 Å². The van der Waals surface area contributed by atoms with E-state index in [2.05, 4.69) is 46.0 Å². The minimum absolute atomic E-state index is 0.335. The van der Waals surface area contributed by atoms with Crippen LogP contribution in [0.3, 0.4) is 0 Å². The van der Waals surface area contributed by atoms with Crippen molar-refractivity contribution in [1.82, 2.24) is 0 Å². The van der Waals surface area contributed by atoms with Gasteiger partial charge in [0.05, 0.1) is 0 Å². The smallest absolute Gasteiger partial charge is 0.192 e. The van der Waals surface area contributed by atoms with E-state index in [9.17, 15) is 0 Å². The molecule has 0 amide bonds. The summed E-state index contributed by atoms with van der Waals surface area (Å²) in [5.74, 6) is 0.